The maximum absolute atomic E-state index is 14.3. The highest BCUT2D eigenvalue weighted by Gasteiger charge is 2.48. The Labute approximate surface area is 166 Å². The summed E-state index contributed by atoms with van der Waals surface area (Å²) in [6.45, 7) is 2.01. The molecule has 1 aromatic heterocycles. The number of hydrogen-bond donors (Lipinski definition) is 2. The molecule has 154 valence electrons. The van der Waals surface area contributed by atoms with E-state index in [0.29, 0.717) is 43.5 Å². The van der Waals surface area contributed by atoms with E-state index in [-0.39, 0.29) is 17.4 Å². The minimum Gasteiger partial charge on any atom is -0.363 e. The summed E-state index contributed by atoms with van der Waals surface area (Å²) in [7, 11) is 0. The molecule has 0 saturated heterocycles. The third-order valence-corrected chi connectivity index (χ3v) is 6.06. The normalized spacial score (nSPS) is 23.7. The number of rotatable bonds is 4. The van der Waals surface area contributed by atoms with Crippen LogP contribution in [0, 0.1) is 17.6 Å². The summed E-state index contributed by atoms with van der Waals surface area (Å²) in [4.78, 5) is 29.1. The van der Waals surface area contributed by atoms with E-state index in [1.807, 2.05) is 6.92 Å². The van der Waals surface area contributed by atoms with Crippen molar-refractivity contribution in [3.63, 3.8) is 0 Å². The topological polar surface area (TPSA) is 103 Å². The van der Waals surface area contributed by atoms with E-state index in [0.717, 1.165) is 18.9 Å². The van der Waals surface area contributed by atoms with Gasteiger partial charge in [0.2, 0.25) is 11.7 Å². The van der Waals surface area contributed by atoms with Crippen molar-refractivity contribution in [2.24, 2.45) is 11.7 Å². The van der Waals surface area contributed by atoms with Crippen molar-refractivity contribution in [1.82, 2.24) is 14.8 Å². The first-order valence-corrected chi connectivity index (χ1v) is 9.90. The van der Waals surface area contributed by atoms with Crippen molar-refractivity contribution in [2.45, 2.75) is 57.4 Å². The summed E-state index contributed by atoms with van der Waals surface area (Å²) in [6.07, 6.45) is 4.30. The van der Waals surface area contributed by atoms with E-state index in [4.69, 9.17) is 5.73 Å². The molecule has 3 N–H and O–H groups in total. The van der Waals surface area contributed by atoms with E-state index in [9.17, 15) is 18.4 Å². The monoisotopic (exact) mass is 403 g/mol. The summed E-state index contributed by atoms with van der Waals surface area (Å²) in [5.74, 6) is -2.45. The quantitative estimate of drug-likeness (QED) is 0.819. The lowest BCUT2D eigenvalue weighted by Crippen LogP contribution is -2.49. The van der Waals surface area contributed by atoms with E-state index in [1.54, 1.807) is 4.68 Å². The fraction of sp³-hybridized carbons (Fsp3) is 0.500. The zero-order valence-corrected chi connectivity index (χ0v) is 16.2. The van der Waals surface area contributed by atoms with Gasteiger partial charge < -0.3 is 11.1 Å². The molecule has 3 heterocycles. The van der Waals surface area contributed by atoms with Crippen LogP contribution in [0.1, 0.15) is 61.0 Å². The average molecular weight is 403 g/mol. The minimum atomic E-state index is -0.778. The molecule has 29 heavy (non-hydrogen) atoms. The highest BCUT2D eigenvalue weighted by Crippen LogP contribution is 2.44. The van der Waals surface area contributed by atoms with Gasteiger partial charge in [0.25, 0.3) is 5.91 Å². The number of anilines is 1. The molecule has 7 nitrogen and oxygen atoms in total. The molecule has 4 rings (SSSR count). The van der Waals surface area contributed by atoms with Crippen molar-refractivity contribution < 1.29 is 18.4 Å². The van der Waals surface area contributed by atoms with Crippen LogP contribution < -0.4 is 11.1 Å². The van der Waals surface area contributed by atoms with Crippen LogP contribution in [-0.2, 0) is 23.2 Å². The zero-order chi connectivity index (χ0) is 20.8. The van der Waals surface area contributed by atoms with Crippen LogP contribution in [0.2, 0.25) is 0 Å². The second-order valence-electron chi connectivity index (χ2n) is 7.84. The number of benzene rings is 1. The van der Waals surface area contributed by atoms with Gasteiger partial charge in [-0.15, -0.1) is 5.10 Å². The summed E-state index contributed by atoms with van der Waals surface area (Å²) in [5, 5.41) is 7.04. The number of hydrogen-bond acceptors (Lipinski definition) is 4. The van der Waals surface area contributed by atoms with Gasteiger partial charge >= 0.3 is 0 Å². The van der Waals surface area contributed by atoms with Crippen molar-refractivity contribution in [1.29, 1.82) is 0 Å². The van der Waals surface area contributed by atoms with Gasteiger partial charge in [0, 0.05) is 12.5 Å². The van der Waals surface area contributed by atoms with Gasteiger partial charge in [0.05, 0.1) is 17.1 Å². The highest BCUT2D eigenvalue weighted by atomic mass is 19.1. The first kappa shape index (κ1) is 19.5. The molecule has 0 fully saturated rings. The number of aromatic nitrogens is 3. The van der Waals surface area contributed by atoms with E-state index < -0.39 is 29.0 Å². The van der Waals surface area contributed by atoms with Gasteiger partial charge in [-0.05, 0) is 43.7 Å². The van der Waals surface area contributed by atoms with Gasteiger partial charge in [-0.1, -0.05) is 13.3 Å². The molecule has 2 amide bonds. The lowest BCUT2D eigenvalue weighted by Gasteiger charge is -2.43. The molecule has 2 aliphatic rings. The molecule has 9 heteroatoms. The summed E-state index contributed by atoms with van der Waals surface area (Å²) < 4.78 is 29.7. The van der Waals surface area contributed by atoms with Crippen LogP contribution in [-0.4, -0.2) is 26.6 Å². The van der Waals surface area contributed by atoms with Gasteiger partial charge in [-0.25, -0.2) is 18.4 Å². The molecular formula is C20H23F2N5O2. The summed E-state index contributed by atoms with van der Waals surface area (Å²) in [5.41, 5.74) is 5.17. The number of carbonyl (C=O) groups is 2. The van der Waals surface area contributed by atoms with Gasteiger partial charge in [0.1, 0.15) is 17.5 Å². The fourth-order valence-electron chi connectivity index (χ4n) is 4.90. The number of primary amides is 1. The second-order valence-corrected chi connectivity index (χ2v) is 7.84. The molecule has 0 aliphatic carbocycles. The Balaban J connectivity index is 1.78. The number of halogens is 2. The largest absolute Gasteiger partial charge is 0.363 e. The molecule has 2 atom stereocenters. The molecule has 2 aliphatic heterocycles. The first-order valence-electron chi connectivity index (χ1n) is 9.90. The maximum Gasteiger partial charge on any atom is 0.288 e. The third kappa shape index (κ3) is 3.18. The van der Waals surface area contributed by atoms with Crippen LogP contribution in [0.3, 0.4) is 0 Å². The zero-order valence-electron chi connectivity index (χ0n) is 16.2. The molecule has 0 spiro atoms. The average Bonchev–Trinajstić information content (AvgIpc) is 3.03. The summed E-state index contributed by atoms with van der Waals surface area (Å²) >= 11 is 0. The fourth-order valence-corrected chi connectivity index (χ4v) is 4.90. The van der Waals surface area contributed by atoms with Crippen molar-refractivity contribution >= 4 is 17.5 Å². The maximum atomic E-state index is 14.3. The lowest BCUT2D eigenvalue weighted by molar-refractivity contribution is -0.125. The Morgan fingerprint density at radius 1 is 1.38 bits per heavy atom. The van der Waals surface area contributed by atoms with E-state index in [1.165, 1.54) is 6.07 Å². The molecule has 2 aromatic rings. The molecular weight excluding hydrogens is 380 g/mol. The number of nitrogens with zero attached hydrogens (tertiary/aromatic N) is 3. The Morgan fingerprint density at radius 3 is 2.90 bits per heavy atom. The standard InChI is InChI=1S/C20H23F2N5O2/c1-2-7-20(8-3-4-15-24-18(17(23)28)26-27(15)20)13-6-5-11-9-12(21)10-14(22)16(11)25-19(13)29/h9-10,13H,2-8H2,1H3,(H2,23,28)(H,25,29)/t13-,20?/m1/s1. The van der Waals surface area contributed by atoms with Crippen LogP contribution in [0.25, 0.3) is 0 Å². The number of amides is 2. The van der Waals surface area contributed by atoms with Crippen molar-refractivity contribution in [3.05, 3.63) is 41.0 Å². The highest BCUT2D eigenvalue weighted by molar-refractivity contribution is 5.95. The molecule has 1 aromatic carbocycles. The number of nitrogens with two attached hydrogens (primary N) is 1. The number of carbonyl (C=O) groups excluding carboxylic acids is 2. The molecule has 0 saturated carbocycles. The molecule has 0 bridgehead atoms. The van der Waals surface area contributed by atoms with Gasteiger partial charge in [-0.2, -0.15) is 0 Å². The smallest absolute Gasteiger partial charge is 0.288 e. The molecule has 0 radical (unpaired) electrons. The van der Waals surface area contributed by atoms with Crippen LogP contribution in [0.5, 0.6) is 0 Å². The number of nitrogens with one attached hydrogen (secondary N) is 1. The predicted octanol–water partition coefficient (Wildman–Crippen LogP) is 2.69. The predicted molar refractivity (Wildman–Crippen MR) is 101 cm³/mol. The Morgan fingerprint density at radius 2 is 2.17 bits per heavy atom. The Kier molecular flexibility index (Phi) is 4.84. The number of aryl methyl sites for hydroxylation is 2. The lowest BCUT2D eigenvalue weighted by atomic mass is 9.72. The van der Waals surface area contributed by atoms with Gasteiger partial charge in [0.15, 0.2) is 0 Å². The Bertz CT molecular complexity index is 989. The van der Waals surface area contributed by atoms with E-state index >= 15 is 0 Å². The second kappa shape index (κ2) is 7.20. The SMILES string of the molecule is CCCC1([C@@H]2CCc3cc(F)cc(F)c3NC2=O)CCCc2nc(C(N)=O)nn21. The number of fused-ring (bicyclic) bond motifs is 2. The van der Waals surface area contributed by atoms with Crippen molar-refractivity contribution in [3.8, 4) is 0 Å². The van der Waals surface area contributed by atoms with Crippen LogP contribution >= 0.6 is 0 Å². The minimum absolute atomic E-state index is 0.0398. The molecule has 1 unspecified atom stereocenters. The van der Waals surface area contributed by atoms with Crippen LogP contribution in [0.4, 0.5) is 14.5 Å². The van der Waals surface area contributed by atoms with Crippen molar-refractivity contribution in [2.75, 3.05) is 5.32 Å². The first-order chi connectivity index (χ1) is 13.9. The van der Waals surface area contributed by atoms with Gasteiger partial charge in [-0.3, -0.25) is 9.59 Å². The Hall–Kier alpha value is -2.84. The summed E-state index contributed by atoms with van der Waals surface area (Å²) in [6, 6.07) is 2.04. The van der Waals surface area contributed by atoms with E-state index in [2.05, 4.69) is 15.4 Å². The van der Waals surface area contributed by atoms with Crippen LogP contribution in [0.15, 0.2) is 12.1 Å². The third-order valence-electron chi connectivity index (χ3n) is 6.06.